The van der Waals surface area contributed by atoms with E-state index in [4.69, 9.17) is 17.3 Å². The van der Waals surface area contributed by atoms with E-state index in [2.05, 4.69) is 22.9 Å². The van der Waals surface area contributed by atoms with E-state index in [0.717, 1.165) is 49.7 Å². The Morgan fingerprint density at radius 1 is 1.28 bits per heavy atom. The van der Waals surface area contributed by atoms with Gasteiger partial charge in [0, 0.05) is 43.8 Å². The van der Waals surface area contributed by atoms with Crippen LogP contribution in [0, 0.1) is 0 Å². The van der Waals surface area contributed by atoms with Crippen LogP contribution in [0.1, 0.15) is 18.0 Å². The van der Waals surface area contributed by atoms with E-state index in [0.29, 0.717) is 0 Å². The third-order valence-corrected chi connectivity index (χ3v) is 3.86. The van der Waals surface area contributed by atoms with Gasteiger partial charge in [-0.3, -0.25) is 0 Å². The molecule has 0 amide bonds. The van der Waals surface area contributed by atoms with Gasteiger partial charge in [-0.1, -0.05) is 23.7 Å². The molecule has 2 N–H and O–H groups in total. The molecule has 0 aliphatic carbocycles. The van der Waals surface area contributed by atoms with Crippen molar-refractivity contribution >= 4 is 11.6 Å². The summed E-state index contributed by atoms with van der Waals surface area (Å²) in [6, 6.07) is 7.96. The summed E-state index contributed by atoms with van der Waals surface area (Å²) in [7, 11) is 2.18. The first-order chi connectivity index (χ1) is 8.65. The molecule has 1 saturated heterocycles. The fraction of sp³-hybridized carbons (Fsp3) is 0.571. The average molecular weight is 268 g/mol. The second-order valence-electron chi connectivity index (χ2n) is 5.10. The molecular formula is C14H22ClN3. The van der Waals surface area contributed by atoms with Gasteiger partial charge in [0.05, 0.1) is 0 Å². The summed E-state index contributed by atoms with van der Waals surface area (Å²) in [5, 5.41) is 0.766. The minimum atomic E-state index is 0.0864. The predicted octanol–water partition coefficient (Wildman–Crippen LogP) is 1.98. The molecule has 1 aliphatic rings. The van der Waals surface area contributed by atoms with E-state index in [1.54, 1.807) is 0 Å². The molecule has 4 heteroatoms. The zero-order chi connectivity index (χ0) is 13.0. The number of benzene rings is 1. The molecule has 1 fully saturated rings. The SMILES string of the molecule is CN1CCN(CCC(N)c2cccc(Cl)c2)CC1. The fourth-order valence-corrected chi connectivity index (χ4v) is 2.50. The minimum Gasteiger partial charge on any atom is -0.324 e. The molecule has 0 radical (unpaired) electrons. The number of hydrogen-bond acceptors (Lipinski definition) is 3. The first-order valence-corrected chi connectivity index (χ1v) is 6.95. The van der Waals surface area contributed by atoms with Crippen LogP contribution in [-0.2, 0) is 0 Å². The Bertz CT molecular complexity index is 375. The number of likely N-dealkylation sites (N-methyl/N-ethyl adjacent to an activating group) is 1. The Kier molecular flexibility index (Phi) is 5.01. The van der Waals surface area contributed by atoms with E-state index >= 15 is 0 Å². The number of halogens is 1. The van der Waals surface area contributed by atoms with Crippen molar-refractivity contribution < 1.29 is 0 Å². The first-order valence-electron chi connectivity index (χ1n) is 6.57. The van der Waals surface area contributed by atoms with Crippen LogP contribution in [0.3, 0.4) is 0 Å². The van der Waals surface area contributed by atoms with Gasteiger partial charge in [0.25, 0.3) is 0 Å². The Balaban J connectivity index is 1.79. The molecule has 100 valence electrons. The highest BCUT2D eigenvalue weighted by Crippen LogP contribution is 2.18. The number of nitrogens with zero attached hydrogens (tertiary/aromatic N) is 2. The summed E-state index contributed by atoms with van der Waals surface area (Å²) in [5.41, 5.74) is 7.35. The van der Waals surface area contributed by atoms with Crippen LogP contribution in [0.15, 0.2) is 24.3 Å². The second-order valence-corrected chi connectivity index (χ2v) is 5.53. The second kappa shape index (κ2) is 6.53. The standard InChI is InChI=1S/C14H22ClN3/c1-17-7-9-18(10-8-17)6-5-14(16)12-3-2-4-13(15)11-12/h2-4,11,14H,5-10,16H2,1H3. The van der Waals surface area contributed by atoms with Crippen LogP contribution < -0.4 is 5.73 Å². The molecular weight excluding hydrogens is 246 g/mol. The van der Waals surface area contributed by atoms with Crippen molar-refractivity contribution in [3.8, 4) is 0 Å². The topological polar surface area (TPSA) is 32.5 Å². The molecule has 1 heterocycles. The highest BCUT2D eigenvalue weighted by atomic mass is 35.5. The fourth-order valence-electron chi connectivity index (χ4n) is 2.30. The van der Waals surface area contributed by atoms with Gasteiger partial charge < -0.3 is 15.5 Å². The summed E-state index contributed by atoms with van der Waals surface area (Å²) in [6.07, 6.45) is 0.990. The average Bonchev–Trinajstić information content (AvgIpc) is 2.38. The quantitative estimate of drug-likeness (QED) is 0.906. The number of hydrogen-bond donors (Lipinski definition) is 1. The molecule has 1 aromatic carbocycles. The molecule has 1 unspecified atom stereocenters. The Morgan fingerprint density at radius 3 is 2.67 bits per heavy atom. The van der Waals surface area contributed by atoms with Crippen molar-refractivity contribution in [3.63, 3.8) is 0 Å². The Labute approximate surface area is 115 Å². The van der Waals surface area contributed by atoms with E-state index in [9.17, 15) is 0 Å². The number of rotatable bonds is 4. The summed E-state index contributed by atoms with van der Waals surface area (Å²) in [4.78, 5) is 4.86. The van der Waals surface area contributed by atoms with Gasteiger partial charge in [-0.05, 0) is 31.2 Å². The van der Waals surface area contributed by atoms with Crippen LogP contribution in [0.4, 0.5) is 0 Å². The normalized spacial score (nSPS) is 19.9. The Morgan fingerprint density at radius 2 is 2.00 bits per heavy atom. The molecule has 0 saturated carbocycles. The van der Waals surface area contributed by atoms with Gasteiger partial charge in [-0.2, -0.15) is 0 Å². The minimum absolute atomic E-state index is 0.0864. The monoisotopic (exact) mass is 267 g/mol. The van der Waals surface area contributed by atoms with E-state index in [1.165, 1.54) is 0 Å². The van der Waals surface area contributed by atoms with Crippen molar-refractivity contribution in [1.29, 1.82) is 0 Å². The predicted molar refractivity (Wildman–Crippen MR) is 76.9 cm³/mol. The van der Waals surface area contributed by atoms with Gasteiger partial charge in [0.15, 0.2) is 0 Å². The van der Waals surface area contributed by atoms with Gasteiger partial charge in [-0.15, -0.1) is 0 Å². The lowest BCUT2D eigenvalue weighted by Gasteiger charge is -2.32. The molecule has 1 aromatic rings. The smallest absolute Gasteiger partial charge is 0.0409 e. The molecule has 1 atom stereocenters. The van der Waals surface area contributed by atoms with Gasteiger partial charge in [-0.25, -0.2) is 0 Å². The van der Waals surface area contributed by atoms with Crippen LogP contribution in [0.2, 0.25) is 5.02 Å². The highest BCUT2D eigenvalue weighted by molar-refractivity contribution is 6.30. The van der Waals surface area contributed by atoms with Crippen molar-refractivity contribution in [1.82, 2.24) is 9.80 Å². The largest absolute Gasteiger partial charge is 0.324 e. The molecule has 3 nitrogen and oxygen atoms in total. The van der Waals surface area contributed by atoms with E-state index in [-0.39, 0.29) is 6.04 Å². The molecule has 0 spiro atoms. The molecule has 0 aromatic heterocycles. The third-order valence-electron chi connectivity index (χ3n) is 3.63. The van der Waals surface area contributed by atoms with Crippen molar-refractivity contribution in [2.45, 2.75) is 12.5 Å². The first kappa shape index (κ1) is 13.8. The summed E-state index contributed by atoms with van der Waals surface area (Å²) in [5.74, 6) is 0. The maximum absolute atomic E-state index is 6.21. The summed E-state index contributed by atoms with van der Waals surface area (Å²) in [6.45, 7) is 5.69. The van der Waals surface area contributed by atoms with Crippen LogP contribution in [0.25, 0.3) is 0 Å². The molecule has 0 bridgehead atoms. The lowest BCUT2D eigenvalue weighted by molar-refractivity contribution is 0.150. The van der Waals surface area contributed by atoms with E-state index < -0.39 is 0 Å². The lowest BCUT2D eigenvalue weighted by Crippen LogP contribution is -2.45. The lowest BCUT2D eigenvalue weighted by atomic mass is 10.0. The number of nitrogens with two attached hydrogens (primary N) is 1. The molecule has 18 heavy (non-hydrogen) atoms. The zero-order valence-electron chi connectivity index (χ0n) is 11.0. The summed E-state index contributed by atoms with van der Waals surface area (Å²) >= 11 is 5.98. The highest BCUT2D eigenvalue weighted by Gasteiger charge is 2.15. The van der Waals surface area contributed by atoms with Crippen LogP contribution >= 0.6 is 11.6 Å². The Hall–Kier alpha value is -0.610. The van der Waals surface area contributed by atoms with Crippen molar-refractivity contribution in [2.24, 2.45) is 5.73 Å². The van der Waals surface area contributed by atoms with E-state index in [1.807, 2.05) is 18.2 Å². The van der Waals surface area contributed by atoms with Crippen LogP contribution in [-0.4, -0.2) is 49.6 Å². The van der Waals surface area contributed by atoms with Gasteiger partial charge in [0.1, 0.15) is 0 Å². The maximum Gasteiger partial charge on any atom is 0.0409 e. The maximum atomic E-state index is 6.21. The van der Waals surface area contributed by atoms with Crippen molar-refractivity contribution in [2.75, 3.05) is 39.8 Å². The number of piperazine rings is 1. The third kappa shape index (κ3) is 3.95. The van der Waals surface area contributed by atoms with Crippen molar-refractivity contribution in [3.05, 3.63) is 34.9 Å². The van der Waals surface area contributed by atoms with Gasteiger partial charge >= 0.3 is 0 Å². The molecule has 1 aliphatic heterocycles. The summed E-state index contributed by atoms with van der Waals surface area (Å²) < 4.78 is 0. The van der Waals surface area contributed by atoms with Crippen LogP contribution in [0.5, 0.6) is 0 Å². The molecule has 2 rings (SSSR count). The van der Waals surface area contributed by atoms with Gasteiger partial charge in [0.2, 0.25) is 0 Å². The zero-order valence-corrected chi connectivity index (χ0v) is 11.7.